The van der Waals surface area contributed by atoms with Gasteiger partial charge in [-0.25, -0.2) is 0 Å². The highest BCUT2D eigenvalue weighted by molar-refractivity contribution is 5.22. The minimum absolute atomic E-state index is 0.265. The molecule has 3 nitrogen and oxygen atoms in total. The first-order chi connectivity index (χ1) is 5.61. The average molecular weight is 167 g/mol. The van der Waals surface area contributed by atoms with E-state index >= 15 is 0 Å². The van der Waals surface area contributed by atoms with Crippen molar-refractivity contribution in [3.05, 3.63) is 17.0 Å². The highest BCUT2D eigenvalue weighted by Gasteiger charge is 2.05. The minimum atomic E-state index is 0.265. The molecule has 0 radical (unpaired) electrons. The smallest absolute Gasteiger partial charge is 0.0654 e. The van der Waals surface area contributed by atoms with Crippen LogP contribution >= 0.6 is 0 Å². The lowest BCUT2D eigenvalue weighted by Crippen LogP contribution is -2.15. The van der Waals surface area contributed by atoms with Gasteiger partial charge in [0, 0.05) is 11.7 Å². The predicted molar refractivity (Wildman–Crippen MR) is 50.0 cm³/mol. The third-order valence-corrected chi connectivity index (χ3v) is 2.19. The Morgan fingerprint density at radius 1 is 1.50 bits per heavy atom. The summed E-state index contributed by atoms with van der Waals surface area (Å²) in [5.74, 6) is 0. The molecule has 1 rings (SSSR count). The molecule has 1 aromatic rings. The summed E-state index contributed by atoms with van der Waals surface area (Å²) in [6, 6.07) is 0.265. The van der Waals surface area contributed by atoms with Crippen molar-refractivity contribution in [1.29, 1.82) is 0 Å². The Balaban J connectivity index is 2.58. The first kappa shape index (κ1) is 9.26. The SMILES string of the molecule is Cc1[nH]nc(CCC(C)N)c1C. The second-order valence-electron chi connectivity index (χ2n) is 3.44. The molecule has 0 saturated heterocycles. The van der Waals surface area contributed by atoms with Gasteiger partial charge in [0.2, 0.25) is 0 Å². The van der Waals surface area contributed by atoms with Crippen molar-refractivity contribution < 1.29 is 0 Å². The van der Waals surface area contributed by atoms with Crippen LogP contribution in [0.15, 0.2) is 0 Å². The van der Waals surface area contributed by atoms with Crippen molar-refractivity contribution >= 4 is 0 Å². The van der Waals surface area contributed by atoms with Crippen LogP contribution in [-0.2, 0) is 6.42 Å². The van der Waals surface area contributed by atoms with Gasteiger partial charge in [-0.1, -0.05) is 0 Å². The van der Waals surface area contributed by atoms with Gasteiger partial charge in [-0.2, -0.15) is 5.10 Å². The van der Waals surface area contributed by atoms with E-state index in [2.05, 4.69) is 17.1 Å². The molecule has 0 aliphatic rings. The van der Waals surface area contributed by atoms with Gasteiger partial charge in [0.25, 0.3) is 0 Å². The maximum atomic E-state index is 5.66. The lowest BCUT2D eigenvalue weighted by atomic mass is 10.1. The first-order valence-corrected chi connectivity index (χ1v) is 4.37. The fourth-order valence-corrected chi connectivity index (χ4v) is 1.14. The normalized spacial score (nSPS) is 13.3. The number of aromatic nitrogens is 2. The van der Waals surface area contributed by atoms with E-state index in [-0.39, 0.29) is 6.04 Å². The van der Waals surface area contributed by atoms with Gasteiger partial charge in [-0.15, -0.1) is 0 Å². The summed E-state index contributed by atoms with van der Waals surface area (Å²) in [5.41, 5.74) is 9.25. The predicted octanol–water partition coefficient (Wildman–Crippen LogP) is 1.31. The number of H-pyrrole nitrogens is 1. The third-order valence-electron chi connectivity index (χ3n) is 2.19. The summed E-state index contributed by atoms with van der Waals surface area (Å²) < 4.78 is 0. The van der Waals surface area contributed by atoms with Gasteiger partial charge < -0.3 is 5.73 Å². The highest BCUT2D eigenvalue weighted by atomic mass is 15.1. The molecule has 3 N–H and O–H groups in total. The lowest BCUT2D eigenvalue weighted by molar-refractivity contribution is 0.655. The van der Waals surface area contributed by atoms with Crippen LogP contribution in [0.1, 0.15) is 30.3 Å². The summed E-state index contributed by atoms with van der Waals surface area (Å²) >= 11 is 0. The van der Waals surface area contributed by atoms with E-state index in [1.807, 2.05) is 13.8 Å². The third kappa shape index (κ3) is 2.08. The Morgan fingerprint density at radius 3 is 2.58 bits per heavy atom. The maximum Gasteiger partial charge on any atom is 0.0654 e. The van der Waals surface area contributed by atoms with E-state index in [1.54, 1.807) is 0 Å². The molecule has 3 heteroatoms. The number of nitrogens with two attached hydrogens (primary N) is 1. The molecule has 1 atom stereocenters. The zero-order chi connectivity index (χ0) is 9.14. The monoisotopic (exact) mass is 167 g/mol. The van der Waals surface area contributed by atoms with Gasteiger partial charge in [0.1, 0.15) is 0 Å². The lowest BCUT2D eigenvalue weighted by Gasteiger charge is -2.02. The zero-order valence-electron chi connectivity index (χ0n) is 8.02. The van der Waals surface area contributed by atoms with Crippen LogP contribution in [0.2, 0.25) is 0 Å². The van der Waals surface area contributed by atoms with Gasteiger partial charge in [-0.05, 0) is 39.2 Å². The summed E-state index contributed by atoms with van der Waals surface area (Å²) in [6.45, 7) is 6.15. The molecule has 68 valence electrons. The molecule has 0 amide bonds. The van der Waals surface area contributed by atoms with Gasteiger partial charge in [0.05, 0.1) is 5.69 Å². The molecule has 0 bridgehead atoms. The second-order valence-corrected chi connectivity index (χ2v) is 3.44. The van der Waals surface area contributed by atoms with Crippen molar-refractivity contribution in [3.8, 4) is 0 Å². The molecule has 0 aliphatic carbocycles. The molecule has 1 heterocycles. The van der Waals surface area contributed by atoms with Gasteiger partial charge in [-0.3, -0.25) is 5.10 Å². The Bertz CT molecular complexity index is 250. The maximum absolute atomic E-state index is 5.66. The van der Waals surface area contributed by atoms with Gasteiger partial charge in [0.15, 0.2) is 0 Å². The molecule has 12 heavy (non-hydrogen) atoms. The van der Waals surface area contributed by atoms with Crippen LogP contribution in [0.25, 0.3) is 0 Å². The van der Waals surface area contributed by atoms with Crippen LogP contribution in [-0.4, -0.2) is 16.2 Å². The number of rotatable bonds is 3. The first-order valence-electron chi connectivity index (χ1n) is 4.37. The molecule has 0 fully saturated rings. The summed E-state index contributed by atoms with van der Waals surface area (Å²) in [6.07, 6.45) is 1.99. The van der Waals surface area contributed by atoms with E-state index in [0.29, 0.717) is 0 Å². The molecular weight excluding hydrogens is 150 g/mol. The van der Waals surface area contributed by atoms with Crippen LogP contribution in [0, 0.1) is 13.8 Å². The average Bonchev–Trinajstić information content (AvgIpc) is 2.30. The van der Waals surface area contributed by atoms with Crippen LogP contribution in [0.4, 0.5) is 0 Å². The standard InChI is InChI=1S/C9H17N3/c1-6(10)4-5-9-7(2)8(3)11-12-9/h6H,4-5,10H2,1-3H3,(H,11,12). The van der Waals surface area contributed by atoms with E-state index < -0.39 is 0 Å². The molecule has 0 spiro atoms. The number of nitrogens with one attached hydrogen (secondary N) is 1. The van der Waals surface area contributed by atoms with Crippen LogP contribution in [0.5, 0.6) is 0 Å². The summed E-state index contributed by atoms with van der Waals surface area (Å²) in [5, 5.41) is 7.18. The molecule has 0 saturated carbocycles. The van der Waals surface area contributed by atoms with Crippen LogP contribution in [0.3, 0.4) is 0 Å². The van der Waals surface area contributed by atoms with Gasteiger partial charge >= 0.3 is 0 Å². The van der Waals surface area contributed by atoms with E-state index in [9.17, 15) is 0 Å². The van der Waals surface area contributed by atoms with Crippen molar-refractivity contribution in [2.75, 3.05) is 0 Å². The molecule has 0 aromatic carbocycles. The molecule has 1 unspecified atom stereocenters. The Hall–Kier alpha value is -0.830. The van der Waals surface area contributed by atoms with Crippen molar-refractivity contribution in [3.63, 3.8) is 0 Å². The fourth-order valence-electron chi connectivity index (χ4n) is 1.14. The van der Waals surface area contributed by atoms with Crippen molar-refractivity contribution in [1.82, 2.24) is 10.2 Å². The largest absolute Gasteiger partial charge is 0.328 e. The Kier molecular flexibility index (Phi) is 2.87. The Morgan fingerprint density at radius 2 is 2.17 bits per heavy atom. The zero-order valence-corrected chi connectivity index (χ0v) is 8.02. The van der Waals surface area contributed by atoms with Crippen molar-refractivity contribution in [2.24, 2.45) is 5.73 Å². The number of nitrogens with zero attached hydrogens (tertiary/aromatic N) is 1. The number of hydrogen-bond acceptors (Lipinski definition) is 2. The number of hydrogen-bond donors (Lipinski definition) is 2. The minimum Gasteiger partial charge on any atom is -0.328 e. The van der Waals surface area contributed by atoms with E-state index in [4.69, 9.17) is 5.73 Å². The number of aryl methyl sites for hydroxylation is 2. The van der Waals surface area contributed by atoms with E-state index in [1.165, 1.54) is 5.56 Å². The summed E-state index contributed by atoms with van der Waals surface area (Å²) in [7, 11) is 0. The second kappa shape index (κ2) is 3.72. The highest BCUT2D eigenvalue weighted by Crippen LogP contribution is 2.10. The molecular formula is C9H17N3. The molecule has 0 aliphatic heterocycles. The quantitative estimate of drug-likeness (QED) is 0.713. The fraction of sp³-hybridized carbons (Fsp3) is 0.667. The topological polar surface area (TPSA) is 54.7 Å². The summed E-state index contributed by atoms with van der Waals surface area (Å²) in [4.78, 5) is 0. The Labute approximate surface area is 73.4 Å². The van der Waals surface area contributed by atoms with Crippen molar-refractivity contribution in [2.45, 2.75) is 39.7 Å². The van der Waals surface area contributed by atoms with E-state index in [0.717, 1.165) is 24.2 Å². The number of aromatic amines is 1. The van der Waals surface area contributed by atoms with Crippen LogP contribution < -0.4 is 5.73 Å². The molecule has 1 aromatic heterocycles.